The molecular formula is C14H23BrN4. The Morgan fingerprint density at radius 3 is 2.68 bits per heavy atom. The summed E-state index contributed by atoms with van der Waals surface area (Å²) in [7, 11) is 0. The lowest BCUT2D eigenvalue weighted by Crippen LogP contribution is -2.32. The first-order valence-electron chi connectivity index (χ1n) is 7.27. The van der Waals surface area contributed by atoms with Crippen molar-refractivity contribution < 1.29 is 0 Å². The van der Waals surface area contributed by atoms with E-state index in [1.807, 2.05) is 0 Å². The normalized spacial score (nSPS) is 23.1. The van der Waals surface area contributed by atoms with Gasteiger partial charge in [-0.05, 0) is 41.6 Å². The van der Waals surface area contributed by atoms with Crippen LogP contribution in [0.3, 0.4) is 0 Å². The van der Waals surface area contributed by atoms with Gasteiger partial charge in [0.05, 0.1) is 0 Å². The van der Waals surface area contributed by atoms with Crippen LogP contribution >= 0.6 is 15.9 Å². The number of nitrogens with one attached hydrogen (secondary N) is 2. The highest BCUT2D eigenvalue weighted by atomic mass is 79.9. The molecule has 5 heteroatoms. The molecule has 1 saturated carbocycles. The van der Waals surface area contributed by atoms with E-state index < -0.39 is 0 Å². The standard InChI is InChI=1S/C14H23BrN4/c1-3-10-7-5-6-8-11(10)19-14-12(15)13(16-4-2)17-9-18-14/h9-11H,3-8H2,1-2H3,(H2,16,17,18,19). The van der Waals surface area contributed by atoms with Gasteiger partial charge < -0.3 is 10.6 Å². The predicted molar refractivity (Wildman–Crippen MR) is 83.6 cm³/mol. The number of rotatable bonds is 5. The fourth-order valence-electron chi connectivity index (χ4n) is 2.82. The van der Waals surface area contributed by atoms with E-state index in [0.29, 0.717) is 6.04 Å². The molecule has 1 aromatic rings. The Morgan fingerprint density at radius 1 is 1.21 bits per heavy atom. The zero-order chi connectivity index (χ0) is 13.7. The second-order valence-corrected chi connectivity index (χ2v) is 5.91. The molecule has 2 rings (SSSR count). The van der Waals surface area contributed by atoms with Crippen molar-refractivity contribution in [1.82, 2.24) is 9.97 Å². The Balaban J connectivity index is 2.11. The molecule has 1 aliphatic rings. The molecule has 0 amide bonds. The van der Waals surface area contributed by atoms with Gasteiger partial charge in [0.15, 0.2) is 0 Å². The molecule has 4 nitrogen and oxygen atoms in total. The number of halogens is 1. The summed E-state index contributed by atoms with van der Waals surface area (Å²) in [6.07, 6.45) is 8.11. The van der Waals surface area contributed by atoms with Gasteiger partial charge in [-0.15, -0.1) is 0 Å². The first-order chi connectivity index (χ1) is 9.26. The van der Waals surface area contributed by atoms with E-state index in [0.717, 1.165) is 28.6 Å². The van der Waals surface area contributed by atoms with Gasteiger partial charge >= 0.3 is 0 Å². The monoisotopic (exact) mass is 326 g/mol. The van der Waals surface area contributed by atoms with Crippen molar-refractivity contribution in [3.8, 4) is 0 Å². The Labute approximate surface area is 123 Å². The van der Waals surface area contributed by atoms with Crippen LogP contribution in [0, 0.1) is 5.92 Å². The topological polar surface area (TPSA) is 49.8 Å². The summed E-state index contributed by atoms with van der Waals surface area (Å²) in [5.41, 5.74) is 0. The number of nitrogens with zero attached hydrogens (tertiary/aromatic N) is 2. The van der Waals surface area contributed by atoms with Crippen molar-refractivity contribution in [1.29, 1.82) is 0 Å². The van der Waals surface area contributed by atoms with Gasteiger partial charge in [-0.3, -0.25) is 0 Å². The van der Waals surface area contributed by atoms with E-state index >= 15 is 0 Å². The minimum absolute atomic E-state index is 0.541. The van der Waals surface area contributed by atoms with Crippen molar-refractivity contribution in [3.63, 3.8) is 0 Å². The van der Waals surface area contributed by atoms with Gasteiger partial charge in [-0.1, -0.05) is 26.2 Å². The number of anilines is 2. The van der Waals surface area contributed by atoms with Crippen LogP contribution in [0.1, 0.15) is 46.0 Å². The summed E-state index contributed by atoms with van der Waals surface area (Å²) in [5.74, 6) is 2.54. The van der Waals surface area contributed by atoms with E-state index in [4.69, 9.17) is 0 Å². The van der Waals surface area contributed by atoms with Gasteiger partial charge in [0.2, 0.25) is 0 Å². The summed E-state index contributed by atoms with van der Waals surface area (Å²) in [5, 5.41) is 6.85. The Bertz CT molecular complexity index is 410. The SMILES string of the molecule is CCNc1ncnc(NC2CCCCC2CC)c1Br. The molecule has 0 radical (unpaired) electrons. The second kappa shape index (κ2) is 7.08. The molecule has 0 spiro atoms. The summed E-state index contributed by atoms with van der Waals surface area (Å²) >= 11 is 3.60. The summed E-state index contributed by atoms with van der Waals surface area (Å²) < 4.78 is 0.942. The van der Waals surface area contributed by atoms with E-state index in [9.17, 15) is 0 Å². The largest absolute Gasteiger partial charge is 0.369 e. The minimum atomic E-state index is 0.541. The molecule has 1 aromatic heterocycles. The van der Waals surface area contributed by atoms with Crippen molar-refractivity contribution in [3.05, 3.63) is 10.8 Å². The lowest BCUT2D eigenvalue weighted by atomic mass is 9.83. The Morgan fingerprint density at radius 2 is 1.95 bits per heavy atom. The third-order valence-electron chi connectivity index (χ3n) is 3.89. The number of hydrogen-bond donors (Lipinski definition) is 2. The predicted octanol–water partition coefficient (Wildman–Crippen LogP) is 4.05. The quantitative estimate of drug-likeness (QED) is 0.856. The molecule has 1 heterocycles. The molecule has 0 aliphatic heterocycles. The van der Waals surface area contributed by atoms with Gasteiger partial charge in [0.1, 0.15) is 22.4 Å². The summed E-state index contributed by atoms with van der Waals surface area (Å²) in [6, 6.07) is 0.541. The van der Waals surface area contributed by atoms with Gasteiger partial charge in [-0.2, -0.15) is 0 Å². The molecule has 1 aliphatic carbocycles. The van der Waals surface area contributed by atoms with Crippen LogP contribution in [0.4, 0.5) is 11.6 Å². The molecule has 106 valence electrons. The fraction of sp³-hybridized carbons (Fsp3) is 0.714. The molecule has 0 aromatic carbocycles. The highest BCUT2D eigenvalue weighted by molar-refractivity contribution is 9.10. The molecule has 0 saturated heterocycles. The van der Waals surface area contributed by atoms with E-state index in [1.165, 1.54) is 32.1 Å². The maximum absolute atomic E-state index is 4.37. The molecular weight excluding hydrogens is 304 g/mol. The van der Waals surface area contributed by atoms with Gasteiger partial charge in [0.25, 0.3) is 0 Å². The molecule has 2 unspecified atom stereocenters. The van der Waals surface area contributed by atoms with Crippen LogP contribution in [0.5, 0.6) is 0 Å². The lowest BCUT2D eigenvalue weighted by Gasteiger charge is -2.32. The maximum atomic E-state index is 4.37. The molecule has 19 heavy (non-hydrogen) atoms. The second-order valence-electron chi connectivity index (χ2n) is 5.12. The Kier molecular flexibility index (Phi) is 5.43. The number of hydrogen-bond acceptors (Lipinski definition) is 4. The van der Waals surface area contributed by atoms with Crippen LogP contribution in [0.2, 0.25) is 0 Å². The van der Waals surface area contributed by atoms with Gasteiger partial charge in [0, 0.05) is 12.6 Å². The van der Waals surface area contributed by atoms with Crippen molar-refractivity contribution in [2.75, 3.05) is 17.2 Å². The first kappa shape index (κ1) is 14.6. The first-order valence-corrected chi connectivity index (χ1v) is 8.06. The van der Waals surface area contributed by atoms with Crippen LogP contribution in [0.15, 0.2) is 10.8 Å². The van der Waals surface area contributed by atoms with Crippen LogP contribution in [-0.4, -0.2) is 22.6 Å². The third kappa shape index (κ3) is 3.59. The van der Waals surface area contributed by atoms with Crippen LogP contribution < -0.4 is 10.6 Å². The summed E-state index contributed by atoms with van der Waals surface area (Å²) in [4.78, 5) is 8.63. The van der Waals surface area contributed by atoms with E-state index in [1.54, 1.807) is 6.33 Å². The fourth-order valence-corrected chi connectivity index (χ4v) is 3.28. The average Bonchev–Trinajstić information content (AvgIpc) is 2.44. The average molecular weight is 327 g/mol. The molecule has 2 N–H and O–H groups in total. The van der Waals surface area contributed by atoms with Gasteiger partial charge in [-0.25, -0.2) is 9.97 Å². The third-order valence-corrected chi connectivity index (χ3v) is 4.64. The zero-order valence-corrected chi connectivity index (χ0v) is 13.3. The van der Waals surface area contributed by atoms with Crippen molar-refractivity contribution in [2.45, 2.75) is 52.0 Å². The Hall–Kier alpha value is -0.840. The minimum Gasteiger partial charge on any atom is -0.369 e. The van der Waals surface area contributed by atoms with Crippen LogP contribution in [-0.2, 0) is 0 Å². The van der Waals surface area contributed by atoms with Crippen LogP contribution in [0.25, 0.3) is 0 Å². The maximum Gasteiger partial charge on any atom is 0.146 e. The molecule has 0 bridgehead atoms. The van der Waals surface area contributed by atoms with Crippen molar-refractivity contribution >= 4 is 27.6 Å². The van der Waals surface area contributed by atoms with Crippen molar-refractivity contribution in [2.24, 2.45) is 5.92 Å². The van der Waals surface area contributed by atoms with E-state index in [2.05, 4.69) is 50.4 Å². The zero-order valence-electron chi connectivity index (χ0n) is 11.7. The smallest absolute Gasteiger partial charge is 0.146 e. The highest BCUT2D eigenvalue weighted by Crippen LogP contribution is 2.32. The molecule has 2 atom stereocenters. The number of aromatic nitrogens is 2. The molecule has 1 fully saturated rings. The summed E-state index contributed by atoms with van der Waals surface area (Å²) in [6.45, 7) is 5.20. The lowest BCUT2D eigenvalue weighted by molar-refractivity contribution is 0.316. The van der Waals surface area contributed by atoms with E-state index in [-0.39, 0.29) is 0 Å². The highest BCUT2D eigenvalue weighted by Gasteiger charge is 2.24.